The van der Waals surface area contributed by atoms with Gasteiger partial charge >= 0.3 is 0 Å². The van der Waals surface area contributed by atoms with Crippen LogP contribution in [0.25, 0.3) is 43.8 Å². The van der Waals surface area contributed by atoms with E-state index >= 15 is 0 Å². The number of rotatable bonds is 10. The van der Waals surface area contributed by atoms with Gasteiger partial charge in [-0.1, -0.05) is 105 Å². The standard InChI is InChI=1S/C32H29N3.C11H16N2/c1-3-9-25(20-33)22(2)18-26(21-34)23-14-16-28-24(19-23)15-17-30-29-12-7-8-13-31(29)35(32(28)30)27-10-5-4-6-11-27;1-3-4-5-8-11(13)10(2)7-6-9-12/h3-21H,33-34H2,1-2H3;4-9,12H,2-3,13H2,1H3/b9-3-,22-18+,25-20+,26-21+;5-4-,7-6-,11-8-,12-9?. The molecule has 0 atom stereocenters. The van der Waals surface area contributed by atoms with Crippen LogP contribution in [0.3, 0.4) is 0 Å². The van der Waals surface area contributed by atoms with E-state index in [0.717, 1.165) is 40.0 Å². The molecule has 1 heterocycles. The van der Waals surface area contributed by atoms with Gasteiger partial charge < -0.3 is 27.2 Å². The Hall–Kier alpha value is -6.07. The van der Waals surface area contributed by atoms with Gasteiger partial charge in [0, 0.05) is 46.2 Å². The normalized spacial score (nSPS) is 13.2. The molecule has 5 nitrogen and oxygen atoms in total. The van der Waals surface area contributed by atoms with Gasteiger partial charge in [0.25, 0.3) is 0 Å². The first-order valence-electron chi connectivity index (χ1n) is 16.0. The van der Waals surface area contributed by atoms with Crippen LogP contribution >= 0.6 is 0 Å². The third-order valence-electron chi connectivity index (χ3n) is 7.94. The fourth-order valence-corrected chi connectivity index (χ4v) is 5.53. The van der Waals surface area contributed by atoms with Gasteiger partial charge in [-0.15, -0.1) is 0 Å². The highest BCUT2D eigenvalue weighted by molar-refractivity contribution is 6.18. The molecule has 0 unspecified atom stereocenters. The number of nitrogens with one attached hydrogen (secondary N) is 1. The molecule has 0 fully saturated rings. The van der Waals surface area contributed by atoms with Crippen LogP contribution in [-0.4, -0.2) is 10.8 Å². The van der Waals surface area contributed by atoms with E-state index in [0.29, 0.717) is 5.70 Å². The Bertz CT molecular complexity index is 2130. The zero-order valence-corrected chi connectivity index (χ0v) is 28.0. The van der Waals surface area contributed by atoms with Crippen molar-refractivity contribution in [3.05, 3.63) is 180 Å². The molecule has 0 saturated carbocycles. The van der Waals surface area contributed by atoms with Crippen molar-refractivity contribution in [2.24, 2.45) is 17.2 Å². The zero-order valence-electron chi connectivity index (χ0n) is 28.0. The smallest absolute Gasteiger partial charge is 0.0619 e. The highest BCUT2D eigenvalue weighted by Crippen LogP contribution is 2.37. The number of benzene rings is 4. The minimum absolute atomic E-state index is 0.628. The average molecular weight is 632 g/mol. The SMILES string of the molecule is C=C(/C=C\C=N)/C(N)=C/C=C\CC.C\C=C/C(=C\N)C(/C)=C/C(=C\N)c1ccc2c(ccc3c4ccccc4n(-c4ccccc4)c23)c1. The van der Waals surface area contributed by atoms with Crippen molar-refractivity contribution in [2.75, 3.05) is 0 Å². The maximum atomic E-state index is 6.78. The van der Waals surface area contributed by atoms with Crippen molar-refractivity contribution in [1.29, 1.82) is 5.41 Å². The number of allylic oxidation sites excluding steroid dienone is 11. The molecule has 5 rings (SSSR count). The summed E-state index contributed by atoms with van der Waals surface area (Å²) in [6.45, 7) is 9.84. The summed E-state index contributed by atoms with van der Waals surface area (Å²) in [5.74, 6) is 0. The second-order valence-corrected chi connectivity index (χ2v) is 11.2. The van der Waals surface area contributed by atoms with Crippen molar-refractivity contribution in [2.45, 2.75) is 27.2 Å². The van der Waals surface area contributed by atoms with E-state index in [-0.39, 0.29) is 0 Å². The third kappa shape index (κ3) is 8.01. The molecule has 1 aromatic heterocycles. The van der Waals surface area contributed by atoms with Gasteiger partial charge in [-0.3, -0.25) is 0 Å². The fourth-order valence-electron chi connectivity index (χ4n) is 5.53. The maximum absolute atomic E-state index is 6.78. The van der Waals surface area contributed by atoms with Gasteiger partial charge in [-0.25, -0.2) is 0 Å². The Balaban J connectivity index is 0.000000341. The molecule has 242 valence electrons. The number of para-hydroxylation sites is 2. The Morgan fingerprint density at radius 1 is 0.854 bits per heavy atom. The van der Waals surface area contributed by atoms with Crippen molar-refractivity contribution >= 4 is 44.4 Å². The second-order valence-electron chi connectivity index (χ2n) is 11.2. The Labute approximate surface area is 284 Å². The van der Waals surface area contributed by atoms with Crippen LogP contribution in [0.1, 0.15) is 32.8 Å². The van der Waals surface area contributed by atoms with Gasteiger partial charge in [0.1, 0.15) is 0 Å². The summed E-state index contributed by atoms with van der Waals surface area (Å²) < 4.78 is 2.37. The van der Waals surface area contributed by atoms with Crippen molar-refractivity contribution in [3.8, 4) is 5.69 Å². The lowest BCUT2D eigenvalue weighted by molar-refractivity contribution is 1.19. The van der Waals surface area contributed by atoms with E-state index in [4.69, 9.17) is 22.6 Å². The van der Waals surface area contributed by atoms with E-state index < -0.39 is 0 Å². The van der Waals surface area contributed by atoms with Crippen LogP contribution in [-0.2, 0) is 0 Å². The van der Waals surface area contributed by atoms with Crippen molar-refractivity contribution < 1.29 is 0 Å². The summed E-state index contributed by atoms with van der Waals surface area (Å²) in [5.41, 5.74) is 26.6. The Morgan fingerprint density at radius 2 is 1.58 bits per heavy atom. The molecule has 0 bridgehead atoms. The molecule has 0 aliphatic rings. The molecule has 0 amide bonds. The monoisotopic (exact) mass is 631 g/mol. The molecule has 5 heteroatoms. The lowest BCUT2D eigenvalue weighted by Crippen LogP contribution is -1.97. The molecule has 0 aliphatic carbocycles. The van der Waals surface area contributed by atoms with Gasteiger partial charge in [-0.05, 0) is 96.0 Å². The first-order valence-corrected chi connectivity index (χ1v) is 16.0. The topological polar surface area (TPSA) is 107 Å². The van der Waals surface area contributed by atoms with Crippen LogP contribution in [0.2, 0.25) is 0 Å². The summed E-state index contributed by atoms with van der Waals surface area (Å²) in [6.07, 6.45) is 20.6. The zero-order chi connectivity index (χ0) is 34.5. The molecule has 0 saturated heterocycles. The van der Waals surface area contributed by atoms with Crippen LogP contribution in [0.4, 0.5) is 0 Å². The molecule has 0 spiro atoms. The maximum Gasteiger partial charge on any atom is 0.0619 e. The number of hydrogen-bond donors (Lipinski definition) is 4. The Morgan fingerprint density at radius 3 is 2.27 bits per heavy atom. The molecule has 0 aliphatic heterocycles. The van der Waals surface area contributed by atoms with Crippen LogP contribution in [0.5, 0.6) is 0 Å². The van der Waals surface area contributed by atoms with Gasteiger partial charge in [0.15, 0.2) is 0 Å². The first-order chi connectivity index (χ1) is 23.4. The van der Waals surface area contributed by atoms with Gasteiger partial charge in [0.05, 0.1) is 11.0 Å². The fraction of sp³-hybridized carbons (Fsp3) is 0.0930. The molecule has 48 heavy (non-hydrogen) atoms. The highest BCUT2D eigenvalue weighted by Gasteiger charge is 2.15. The summed E-state index contributed by atoms with van der Waals surface area (Å²) in [6, 6.07) is 30.2. The largest absolute Gasteiger partial charge is 0.404 e. The third-order valence-corrected chi connectivity index (χ3v) is 7.94. The number of nitrogens with two attached hydrogens (primary N) is 3. The summed E-state index contributed by atoms with van der Waals surface area (Å²) in [7, 11) is 0. The molecule has 7 N–H and O–H groups in total. The molecular weight excluding hydrogens is 587 g/mol. The molecule has 5 aromatic rings. The quantitative estimate of drug-likeness (QED) is 0.0910. The number of fused-ring (bicyclic) bond motifs is 5. The molecule has 0 radical (unpaired) electrons. The number of hydrogen-bond acceptors (Lipinski definition) is 4. The van der Waals surface area contributed by atoms with E-state index in [1.54, 1.807) is 30.6 Å². The van der Waals surface area contributed by atoms with Crippen LogP contribution in [0.15, 0.2) is 175 Å². The van der Waals surface area contributed by atoms with Crippen LogP contribution in [0, 0.1) is 5.41 Å². The lowest BCUT2D eigenvalue weighted by Gasteiger charge is -2.11. The summed E-state index contributed by atoms with van der Waals surface area (Å²) in [4.78, 5) is 0. The van der Waals surface area contributed by atoms with Gasteiger partial charge in [-0.2, -0.15) is 0 Å². The first kappa shape index (κ1) is 34.8. The predicted molar refractivity (Wildman–Crippen MR) is 210 cm³/mol. The summed E-state index contributed by atoms with van der Waals surface area (Å²) >= 11 is 0. The Kier molecular flexibility index (Phi) is 12.3. The van der Waals surface area contributed by atoms with Gasteiger partial charge in [0.2, 0.25) is 0 Å². The number of nitrogens with zero attached hydrogens (tertiary/aromatic N) is 1. The van der Waals surface area contributed by atoms with E-state index in [1.165, 1.54) is 38.8 Å². The van der Waals surface area contributed by atoms with E-state index in [2.05, 4.69) is 109 Å². The summed E-state index contributed by atoms with van der Waals surface area (Å²) in [5, 5.41) is 11.7. The van der Waals surface area contributed by atoms with E-state index in [1.807, 2.05) is 38.2 Å². The van der Waals surface area contributed by atoms with Crippen molar-refractivity contribution in [1.82, 2.24) is 4.57 Å². The molecular formula is C43H45N5. The minimum atomic E-state index is 0.628. The molecule has 4 aromatic carbocycles. The van der Waals surface area contributed by atoms with E-state index in [9.17, 15) is 0 Å². The number of aromatic nitrogens is 1. The predicted octanol–water partition coefficient (Wildman–Crippen LogP) is 10.2. The average Bonchev–Trinajstić information content (AvgIpc) is 3.47. The highest BCUT2D eigenvalue weighted by atomic mass is 15.0. The van der Waals surface area contributed by atoms with Crippen molar-refractivity contribution in [3.63, 3.8) is 0 Å². The minimum Gasteiger partial charge on any atom is -0.404 e. The lowest BCUT2D eigenvalue weighted by atomic mass is 9.97. The van der Waals surface area contributed by atoms with Crippen LogP contribution < -0.4 is 17.2 Å². The second kappa shape index (κ2) is 17.0.